The van der Waals surface area contributed by atoms with E-state index >= 15 is 0 Å². The molecule has 98 valence electrons. The second-order valence-electron chi connectivity index (χ2n) is 3.86. The molecular weight excluding hydrogens is 254 g/mol. The van der Waals surface area contributed by atoms with Gasteiger partial charge in [-0.15, -0.1) is 0 Å². The van der Waals surface area contributed by atoms with Crippen molar-refractivity contribution in [3.8, 4) is 5.75 Å². The SMILES string of the molecule is Nc1ccc(NC(=O)c2ccc(O)cc2F)c(F)c1. The first-order chi connectivity index (χ1) is 8.97. The third-order valence-corrected chi connectivity index (χ3v) is 2.44. The smallest absolute Gasteiger partial charge is 0.258 e. The molecule has 0 aliphatic heterocycles. The average molecular weight is 264 g/mol. The zero-order valence-corrected chi connectivity index (χ0v) is 9.65. The van der Waals surface area contributed by atoms with Crippen LogP contribution in [0, 0.1) is 11.6 Å². The number of carbonyl (C=O) groups excluding carboxylic acids is 1. The van der Waals surface area contributed by atoms with Crippen LogP contribution >= 0.6 is 0 Å². The number of nitrogen functional groups attached to an aromatic ring is 1. The van der Waals surface area contributed by atoms with Crippen LogP contribution in [0.1, 0.15) is 10.4 Å². The molecule has 0 aliphatic rings. The number of halogens is 2. The normalized spacial score (nSPS) is 10.2. The number of aromatic hydroxyl groups is 1. The number of nitrogens with two attached hydrogens (primary N) is 1. The lowest BCUT2D eigenvalue weighted by atomic mass is 10.2. The van der Waals surface area contributed by atoms with Crippen LogP contribution < -0.4 is 11.1 Å². The topological polar surface area (TPSA) is 75.3 Å². The highest BCUT2D eigenvalue weighted by Crippen LogP contribution is 2.20. The fraction of sp³-hybridized carbons (Fsp3) is 0. The molecule has 2 aromatic rings. The van der Waals surface area contributed by atoms with Gasteiger partial charge in [0.25, 0.3) is 5.91 Å². The van der Waals surface area contributed by atoms with Gasteiger partial charge in [-0.3, -0.25) is 4.79 Å². The molecule has 6 heteroatoms. The summed E-state index contributed by atoms with van der Waals surface area (Å²) in [4.78, 5) is 11.8. The van der Waals surface area contributed by atoms with Crippen molar-refractivity contribution in [2.24, 2.45) is 0 Å². The molecule has 0 unspecified atom stereocenters. The van der Waals surface area contributed by atoms with Crippen molar-refractivity contribution < 1.29 is 18.7 Å². The lowest BCUT2D eigenvalue weighted by Gasteiger charge is -2.08. The predicted molar refractivity (Wildman–Crippen MR) is 66.8 cm³/mol. The Labute approximate surface area is 107 Å². The van der Waals surface area contributed by atoms with Gasteiger partial charge in [0.05, 0.1) is 11.3 Å². The number of hydrogen-bond donors (Lipinski definition) is 3. The molecule has 0 radical (unpaired) electrons. The maximum Gasteiger partial charge on any atom is 0.258 e. The van der Waals surface area contributed by atoms with Crippen molar-refractivity contribution in [2.75, 3.05) is 11.1 Å². The molecule has 0 bridgehead atoms. The summed E-state index contributed by atoms with van der Waals surface area (Å²) in [6, 6.07) is 6.80. The van der Waals surface area contributed by atoms with E-state index in [2.05, 4.69) is 5.32 Å². The maximum absolute atomic E-state index is 13.5. The third kappa shape index (κ3) is 2.79. The van der Waals surface area contributed by atoms with Crippen molar-refractivity contribution in [3.05, 3.63) is 53.6 Å². The lowest BCUT2D eigenvalue weighted by Crippen LogP contribution is -2.14. The minimum Gasteiger partial charge on any atom is -0.508 e. The second kappa shape index (κ2) is 4.93. The molecule has 0 atom stereocenters. The van der Waals surface area contributed by atoms with Crippen molar-refractivity contribution in [3.63, 3.8) is 0 Å². The summed E-state index contributed by atoms with van der Waals surface area (Å²) in [6.45, 7) is 0. The Bertz CT molecular complexity index is 645. The average Bonchev–Trinajstić information content (AvgIpc) is 2.32. The van der Waals surface area contributed by atoms with Crippen LogP contribution in [0.25, 0.3) is 0 Å². The van der Waals surface area contributed by atoms with Gasteiger partial charge < -0.3 is 16.2 Å². The Morgan fingerprint density at radius 3 is 2.47 bits per heavy atom. The minimum absolute atomic E-state index is 0.105. The quantitative estimate of drug-likeness (QED) is 0.729. The fourth-order valence-corrected chi connectivity index (χ4v) is 1.51. The van der Waals surface area contributed by atoms with Gasteiger partial charge in [-0.1, -0.05) is 0 Å². The number of carbonyl (C=O) groups is 1. The Morgan fingerprint density at radius 2 is 1.84 bits per heavy atom. The molecule has 2 rings (SSSR count). The molecular formula is C13H10F2N2O2. The minimum atomic E-state index is -0.895. The predicted octanol–water partition coefficient (Wildman–Crippen LogP) is 2.50. The number of hydrogen-bond acceptors (Lipinski definition) is 3. The number of benzene rings is 2. The first kappa shape index (κ1) is 12.8. The number of phenols is 1. The summed E-state index contributed by atoms with van der Waals surface area (Å²) < 4.78 is 26.9. The van der Waals surface area contributed by atoms with Crippen molar-refractivity contribution in [2.45, 2.75) is 0 Å². The Morgan fingerprint density at radius 1 is 1.11 bits per heavy atom. The van der Waals surface area contributed by atoms with Gasteiger partial charge in [0.15, 0.2) is 0 Å². The molecule has 0 saturated carbocycles. The van der Waals surface area contributed by atoms with Crippen molar-refractivity contribution in [1.82, 2.24) is 0 Å². The van der Waals surface area contributed by atoms with Gasteiger partial charge in [0.2, 0.25) is 0 Å². The van der Waals surface area contributed by atoms with E-state index in [0.29, 0.717) is 0 Å². The van der Waals surface area contributed by atoms with Gasteiger partial charge in [0.1, 0.15) is 17.4 Å². The fourth-order valence-electron chi connectivity index (χ4n) is 1.51. The largest absolute Gasteiger partial charge is 0.508 e. The van der Waals surface area contributed by atoms with Gasteiger partial charge in [-0.25, -0.2) is 8.78 Å². The highest BCUT2D eigenvalue weighted by atomic mass is 19.1. The summed E-state index contributed by atoms with van der Waals surface area (Å²) in [5.41, 5.74) is 5.18. The highest BCUT2D eigenvalue weighted by molar-refractivity contribution is 6.04. The van der Waals surface area contributed by atoms with Crippen LogP contribution in [0.3, 0.4) is 0 Å². The molecule has 0 aliphatic carbocycles. The van der Waals surface area contributed by atoms with E-state index in [0.717, 1.165) is 24.3 Å². The van der Waals surface area contributed by atoms with E-state index in [1.54, 1.807) is 0 Å². The number of nitrogens with one attached hydrogen (secondary N) is 1. The Hall–Kier alpha value is -2.63. The Balaban J connectivity index is 2.25. The summed E-state index contributed by atoms with van der Waals surface area (Å²) in [6.07, 6.45) is 0. The van der Waals surface area contributed by atoms with Crippen molar-refractivity contribution in [1.29, 1.82) is 0 Å². The molecule has 2 aromatic carbocycles. The van der Waals surface area contributed by atoms with Gasteiger partial charge in [0, 0.05) is 11.8 Å². The van der Waals surface area contributed by atoms with Gasteiger partial charge in [-0.2, -0.15) is 0 Å². The van der Waals surface area contributed by atoms with Gasteiger partial charge in [-0.05, 0) is 30.3 Å². The molecule has 19 heavy (non-hydrogen) atoms. The highest BCUT2D eigenvalue weighted by Gasteiger charge is 2.14. The first-order valence-electron chi connectivity index (χ1n) is 5.32. The molecule has 0 saturated heterocycles. The molecule has 0 fully saturated rings. The van der Waals surface area contributed by atoms with E-state index < -0.39 is 17.5 Å². The molecule has 1 amide bonds. The molecule has 0 heterocycles. The first-order valence-corrected chi connectivity index (χ1v) is 5.32. The maximum atomic E-state index is 13.5. The summed E-state index contributed by atoms with van der Waals surface area (Å²) >= 11 is 0. The van der Waals surface area contributed by atoms with Crippen LogP contribution in [0.2, 0.25) is 0 Å². The summed E-state index contributed by atoms with van der Waals surface area (Å²) in [5, 5.41) is 11.3. The van der Waals surface area contributed by atoms with E-state index in [-0.39, 0.29) is 22.7 Å². The van der Waals surface area contributed by atoms with Crippen LogP contribution in [0.4, 0.5) is 20.2 Å². The van der Waals surface area contributed by atoms with E-state index in [4.69, 9.17) is 10.8 Å². The third-order valence-electron chi connectivity index (χ3n) is 2.44. The van der Waals surface area contributed by atoms with E-state index in [1.165, 1.54) is 12.1 Å². The van der Waals surface area contributed by atoms with Crippen LogP contribution in [0.15, 0.2) is 36.4 Å². The summed E-state index contributed by atoms with van der Waals surface area (Å²) in [5.74, 6) is -2.73. The second-order valence-corrected chi connectivity index (χ2v) is 3.86. The van der Waals surface area contributed by atoms with Crippen LogP contribution in [-0.4, -0.2) is 11.0 Å². The van der Waals surface area contributed by atoms with Crippen molar-refractivity contribution >= 4 is 17.3 Å². The number of anilines is 2. The molecule has 4 nitrogen and oxygen atoms in total. The van der Waals surface area contributed by atoms with Gasteiger partial charge >= 0.3 is 0 Å². The van der Waals surface area contributed by atoms with Crippen LogP contribution in [-0.2, 0) is 0 Å². The van der Waals surface area contributed by atoms with E-state index in [1.807, 2.05) is 0 Å². The van der Waals surface area contributed by atoms with Crippen LogP contribution in [0.5, 0.6) is 5.75 Å². The van der Waals surface area contributed by atoms with E-state index in [9.17, 15) is 13.6 Å². The standard InChI is InChI=1S/C13H10F2N2O2/c14-10-6-8(18)2-3-9(10)13(19)17-12-4-1-7(16)5-11(12)15/h1-6,18H,16H2,(H,17,19). The number of amides is 1. The lowest BCUT2D eigenvalue weighted by molar-refractivity contribution is 0.102. The zero-order valence-electron chi connectivity index (χ0n) is 9.65. The molecule has 0 aromatic heterocycles. The number of rotatable bonds is 2. The molecule has 4 N–H and O–H groups in total. The molecule has 0 spiro atoms. The Kier molecular flexibility index (Phi) is 3.33. The zero-order chi connectivity index (χ0) is 14.0. The monoisotopic (exact) mass is 264 g/mol. The summed E-state index contributed by atoms with van der Waals surface area (Å²) in [7, 11) is 0. The number of phenolic OH excluding ortho intramolecular Hbond substituents is 1.